The summed E-state index contributed by atoms with van der Waals surface area (Å²) in [5.41, 5.74) is -0.439. The average molecular weight is 583 g/mol. The lowest BCUT2D eigenvalue weighted by molar-refractivity contribution is -0.122. The molecule has 1 saturated heterocycles. The molecule has 0 saturated carbocycles. The van der Waals surface area contributed by atoms with Crippen LogP contribution in [0.5, 0.6) is 0 Å². The number of nitriles is 1. The molecular formula is C30H26Cl2F2N4O2. The summed E-state index contributed by atoms with van der Waals surface area (Å²) in [6.45, 7) is 5.95. The Kier molecular flexibility index (Phi) is 7.11. The molecule has 5 rings (SSSR count). The highest BCUT2D eigenvalue weighted by molar-refractivity contribution is 6.31. The molecule has 0 aliphatic carbocycles. The van der Waals surface area contributed by atoms with Gasteiger partial charge >= 0.3 is 0 Å². The van der Waals surface area contributed by atoms with E-state index >= 15 is 4.39 Å². The van der Waals surface area contributed by atoms with Gasteiger partial charge in [-0.3, -0.25) is 9.59 Å². The number of rotatable bonds is 4. The summed E-state index contributed by atoms with van der Waals surface area (Å²) in [4.78, 5) is 28.0. The molecular weight excluding hydrogens is 557 g/mol. The Morgan fingerprint density at radius 3 is 2.45 bits per heavy atom. The quantitative estimate of drug-likeness (QED) is 0.326. The Morgan fingerprint density at radius 2 is 1.80 bits per heavy atom. The number of carbonyl (C=O) groups excluding carboxylic acids is 2. The highest BCUT2D eigenvalue weighted by Crippen LogP contribution is 2.57. The number of halogens is 4. The Balaban J connectivity index is 1.73. The van der Waals surface area contributed by atoms with Crippen molar-refractivity contribution in [3.63, 3.8) is 0 Å². The zero-order valence-electron chi connectivity index (χ0n) is 21.9. The van der Waals surface area contributed by atoms with Gasteiger partial charge in [-0.15, -0.1) is 0 Å². The van der Waals surface area contributed by atoms with Crippen LogP contribution < -0.4 is 16.0 Å². The van der Waals surface area contributed by atoms with Gasteiger partial charge in [-0.05, 0) is 65.4 Å². The van der Waals surface area contributed by atoms with Gasteiger partial charge in [0.15, 0.2) is 0 Å². The smallest absolute Gasteiger partial charge is 0.242 e. The van der Waals surface area contributed by atoms with Crippen molar-refractivity contribution in [1.82, 2.24) is 5.32 Å². The SMILES string of the molecule is CC(C)(C)C[C@@H]1N[C@@H](C(=O)Nc2ccc(C#N)cc2)[C@@H](c2cccc(Cl)c2F)C12C(=O)Nc1cc(Cl)c(F)cc12. The van der Waals surface area contributed by atoms with E-state index in [1.54, 1.807) is 30.3 Å². The average Bonchev–Trinajstić information content (AvgIpc) is 3.36. The Bertz CT molecular complexity index is 1570. The van der Waals surface area contributed by atoms with Crippen molar-refractivity contribution >= 4 is 46.4 Å². The number of amides is 2. The van der Waals surface area contributed by atoms with Crippen molar-refractivity contribution in [3.8, 4) is 6.07 Å². The molecule has 0 bridgehead atoms. The second-order valence-electron chi connectivity index (χ2n) is 11.4. The van der Waals surface area contributed by atoms with Gasteiger partial charge in [0.1, 0.15) is 17.0 Å². The minimum Gasteiger partial charge on any atom is -0.325 e. The lowest BCUT2D eigenvalue weighted by atomic mass is 9.62. The summed E-state index contributed by atoms with van der Waals surface area (Å²) in [7, 11) is 0. The third-order valence-corrected chi connectivity index (χ3v) is 8.16. The zero-order chi connectivity index (χ0) is 29.0. The van der Waals surface area contributed by atoms with Crippen LogP contribution in [0.2, 0.25) is 10.0 Å². The monoisotopic (exact) mass is 582 g/mol. The maximum absolute atomic E-state index is 15.8. The minimum atomic E-state index is -1.58. The van der Waals surface area contributed by atoms with Gasteiger partial charge in [-0.1, -0.05) is 56.1 Å². The Morgan fingerprint density at radius 1 is 1.10 bits per heavy atom. The lowest BCUT2D eigenvalue weighted by Gasteiger charge is -2.37. The van der Waals surface area contributed by atoms with Gasteiger partial charge in [0.2, 0.25) is 11.8 Å². The first-order chi connectivity index (χ1) is 18.9. The molecule has 4 atom stereocenters. The second kappa shape index (κ2) is 10.2. The topological polar surface area (TPSA) is 94.0 Å². The van der Waals surface area contributed by atoms with Crippen LogP contribution in [0.4, 0.5) is 20.2 Å². The summed E-state index contributed by atoms with van der Waals surface area (Å²) in [5.74, 6) is -3.64. The van der Waals surface area contributed by atoms with E-state index in [9.17, 15) is 14.0 Å². The van der Waals surface area contributed by atoms with Gasteiger partial charge in [-0.2, -0.15) is 5.26 Å². The molecule has 2 heterocycles. The number of benzene rings is 3. The fourth-order valence-corrected chi connectivity index (χ4v) is 6.36. The standard InChI is InChI=1S/C30H26Cl2F2N4O2/c1-29(2,3)13-23-30(18-11-21(33)20(32)12-22(18)37-28(30)40)24(17-5-4-6-19(31)25(17)34)26(38-23)27(39)36-16-9-7-15(14-35)8-10-16/h4-12,23-24,26,38H,13H2,1-3H3,(H,36,39)(H,37,40)/t23-,24+,26+,30?/m0/s1. The number of anilines is 2. The highest BCUT2D eigenvalue weighted by Gasteiger charge is 2.66. The fraction of sp³-hybridized carbons (Fsp3) is 0.300. The van der Waals surface area contributed by atoms with Crippen molar-refractivity contribution in [2.45, 2.75) is 50.6 Å². The van der Waals surface area contributed by atoms with Crippen LogP contribution in [0.15, 0.2) is 54.6 Å². The van der Waals surface area contributed by atoms with E-state index in [0.717, 1.165) is 0 Å². The molecule has 1 spiro atoms. The summed E-state index contributed by atoms with van der Waals surface area (Å²) in [5, 5.41) is 17.7. The molecule has 2 aliphatic rings. The molecule has 2 aliphatic heterocycles. The molecule has 10 heteroatoms. The van der Waals surface area contributed by atoms with Crippen LogP contribution in [0.3, 0.4) is 0 Å². The molecule has 2 amide bonds. The summed E-state index contributed by atoms with van der Waals surface area (Å²) < 4.78 is 30.8. The maximum Gasteiger partial charge on any atom is 0.242 e. The van der Waals surface area contributed by atoms with Gasteiger partial charge in [0, 0.05) is 23.3 Å². The predicted molar refractivity (Wildman–Crippen MR) is 150 cm³/mol. The van der Waals surface area contributed by atoms with E-state index < -0.39 is 46.9 Å². The summed E-state index contributed by atoms with van der Waals surface area (Å²) in [6, 6.07) is 13.4. The normalized spacial score (nSPS) is 23.6. The van der Waals surface area contributed by atoms with Crippen LogP contribution in [0.1, 0.15) is 49.8 Å². The van der Waals surface area contributed by atoms with Crippen LogP contribution >= 0.6 is 23.2 Å². The van der Waals surface area contributed by atoms with Crippen LogP contribution in [-0.4, -0.2) is 23.9 Å². The van der Waals surface area contributed by atoms with E-state index in [-0.39, 0.29) is 21.0 Å². The van der Waals surface area contributed by atoms with Crippen LogP contribution in [-0.2, 0) is 15.0 Å². The van der Waals surface area contributed by atoms with Gasteiger partial charge in [0.05, 0.1) is 27.7 Å². The third kappa shape index (κ3) is 4.62. The molecule has 3 aromatic rings. The Hall–Kier alpha value is -3.51. The number of carbonyl (C=O) groups is 2. The number of hydrogen-bond acceptors (Lipinski definition) is 4. The third-order valence-electron chi connectivity index (χ3n) is 7.58. The van der Waals surface area contributed by atoms with E-state index in [2.05, 4.69) is 16.0 Å². The maximum atomic E-state index is 15.8. The van der Waals surface area contributed by atoms with Crippen molar-refractivity contribution in [2.24, 2.45) is 5.41 Å². The van der Waals surface area contributed by atoms with Crippen molar-refractivity contribution < 1.29 is 18.4 Å². The minimum absolute atomic E-state index is 0.0507. The number of hydrogen-bond donors (Lipinski definition) is 3. The van der Waals surface area contributed by atoms with Crippen LogP contribution in [0.25, 0.3) is 0 Å². The largest absolute Gasteiger partial charge is 0.325 e. The molecule has 0 radical (unpaired) electrons. The summed E-state index contributed by atoms with van der Waals surface area (Å²) >= 11 is 12.3. The molecule has 1 unspecified atom stereocenters. The van der Waals surface area contributed by atoms with Crippen molar-refractivity contribution in [3.05, 3.63) is 93.0 Å². The van der Waals surface area contributed by atoms with E-state index in [0.29, 0.717) is 28.9 Å². The van der Waals surface area contributed by atoms with E-state index in [1.807, 2.05) is 26.8 Å². The lowest BCUT2D eigenvalue weighted by Crippen LogP contribution is -2.49. The first-order valence-corrected chi connectivity index (χ1v) is 13.4. The van der Waals surface area contributed by atoms with Crippen molar-refractivity contribution in [1.29, 1.82) is 5.26 Å². The van der Waals surface area contributed by atoms with Crippen LogP contribution in [0, 0.1) is 28.4 Å². The molecule has 40 heavy (non-hydrogen) atoms. The van der Waals surface area contributed by atoms with E-state index in [4.69, 9.17) is 28.5 Å². The van der Waals surface area contributed by atoms with Gasteiger partial charge in [0.25, 0.3) is 0 Å². The Labute approximate surface area is 240 Å². The number of nitrogens with zero attached hydrogens (tertiary/aromatic N) is 1. The molecule has 206 valence electrons. The van der Waals surface area contributed by atoms with Gasteiger partial charge in [-0.25, -0.2) is 8.78 Å². The zero-order valence-corrected chi connectivity index (χ0v) is 23.4. The van der Waals surface area contributed by atoms with Gasteiger partial charge < -0.3 is 16.0 Å². The molecule has 3 N–H and O–H groups in total. The van der Waals surface area contributed by atoms with E-state index in [1.165, 1.54) is 24.3 Å². The fourth-order valence-electron chi connectivity index (χ4n) is 6.01. The highest BCUT2D eigenvalue weighted by atomic mass is 35.5. The summed E-state index contributed by atoms with van der Waals surface area (Å²) in [6.07, 6.45) is 0.392. The molecule has 0 aromatic heterocycles. The first kappa shape index (κ1) is 28.0. The molecule has 3 aromatic carbocycles. The molecule has 1 fully saturated rings. The molecule has 6 nitrogen and oxygen atoms in total. The first-order valence-electron chi connectivity index (χ1n) is 12.7. The predicted octanol–water partition coefficient (Wildman–Crippen LogP) is 6.53. The second-order valence-corrected chi connectivity index (χ2v) is 12.2. The number of fused-ring (bicyclic) bond motifs is 2. The number of nitrogens with one attached hydrogen (secondary N) is 3. The van der Waals surface area contributed by atoms with Crippen molar-refractivity contribution in [2.75, 3.05) is 10.6 Å².